The predicted molar refractivity (Wildman–Crippen MR) is 48.3 cm³/mol. The third kappa shape index (κ3) is 2.83. The molecule has 6 heteroatoms. The molecule has 0 N–H and O–H groups in total. The van der Waals surface area contributed by atoms with E-state index in [2.05, 4.69) is 4.98 Å². The summed E-state index contributed by atoms with van der Waals surface area (Å²) in [6, 6.07) is 4.02. The first kappa shape index (κ1) is 11.8. The molecule has 0 radical (unpaired) electrons. The van der Waals surface area contributed by atoms with E-state index in [4.69, 9.17) is 16.9 Å². The second kappa shape index (κ2) is 4.49. The van der Waals surface area contributed by atoms with Crippen molar-refractivity contribution in [1.82, 2.24) is 4.98 Å². The molecule has 1 aromatic heterocycles. The molecule has 0 saturated heterocycles. The van der Waals surface area contributed by atoms with Gasteiger partial charge in [0, 0.05) is 12.1 Å². The van der Waals surface area contributed by atoms with E-state index in [1.54, 1.807) is 0 Å². The highest BCUT2D eigenvalue weighted by Crippen LogP contribution is 2.29. The number of hydrogen-bond donors (Lipinski definition) is 0. The summed E-state index contributed by atoms with van der Waals surface area (Å²) in [7, 11) is 0. The van der Waals surface area contributed by atoms with Crippen LogP contribution in [0.15, 0.2) is 18.3 Å². The van der Waals surface area contributed by atoms with Crippen molar-refractivity contribution in [2.24, 2.45) is 0 Å². The van der Waals surface area contributed by atoms with E-state index >= 15 is 0 Å². The SMILES string of the molecule is N#CC(CCl)c1ccnc(C(F)(F)F)c1. The van der Waals surface area contributed by atoms with Crippen LogP contribution in [0.3, 0.4) is 0 Å². The summed E-state index contributed by atoms with van der Waals surface area (Å²) < 4.78 is 36.8. The summed E-state index contributed by atoms with van der Waals surface area (Å²) in [6.45, 7) is 0. The number of alkyl halides is 4. The lowest BCUT2D eigenvalue weighted by molar-refractivity contribution is -0.141. The molecule has 0 saturated carbocycles. The number of nitrogens with zero attached hydrogens (tertiary/aromatic N) is 2. The van der Waals surface area contributed by atoms with Gasteiger partial charge in [-0.25, -0.2) is 0 Å². The van der Waals surface area contributed by atoms with Crippen LogP contribution in [0.2, 0.25) is 0 Å². The fraction of sp³-hybridized carbons (Fsp3) is 0.333. The van der Waals surface area contributed by atoms with Gasteiger partial charge in [0.25, 0.3) is 0 Å². The van der Waals surface area contributed by atoms with Crippen molar-refractivity contribution in [2.45, 2.75) is 12.1 Å². The van der Waals surface area contributed by atoms with Gasteiger partial charge in [-0.3, -0.25) is 4.98 Å². The standard InChI is InChI=1S/C9H6ClF3N2/c10-4-7(5-14)6-1-2-15-8(3-6)9(11,12)13/h1-3,7H,4H2. The maximum atomic E-state index is 12.3. The van der Waals surface area contributed by atoms with Gasteiger partial charge >= 0.3 is 6.18 Å². The van der Waals surface area contributed by atoms with E-state index < -0.39 is 17.8 Å². The molecule has 0 fully saturated rings. The molecule has 1 unspecified atom stereocenters. The van der Waals surface area contributed by atoms with Gasteiger partial charge in [-0.1, -0.05) is 0 Å². The lowest BCUT2D eigenvalue weighted by atomic mass is 10.0. The molecule has 1 heterocycles. The summed E-state index contributed by atoms with van der Waals surface area (Å²) in [6.07, 6.45) is -3.47. The Labute approximate surface area is 89.3 Å². The molecule has 15 heavy (non-hydrogen) atoms. The molecular weight excluding hydrogens is 229 g/mol. The fourth-order valence-corrected chi connectivity index (χ4v) is 1.26. The molecule has 1 atom stereocenters. The average molecular weight is 235 g/mol. The second-order valence-corrected chi connectivity index (χ2v) is 3.12. The maximum Gasteiger partial charge on any atom is 0.433 e. The number of rotatable bonds is 2. The van der Waals surface area contributed by atoms with Crippen LogP contribution in [-0.2, 0) is 6.18 Å². The van der Waals surface area contributed by atoms with Gasteiger partial charge in [-0.15, -0.1) is 11.6 Å². The second-order valence-electron chi connectivity index (χ2n) is 2.81. The van der Waals surface area contributed by atoms with Crippen LogP contribution < -0.4 is 0 Å². The van der Waals surface area contributed by atoms with E-state index in [-0.39, 0.29) is 11.4 Å². The van der Waals surface area contributed by atoms with Gasteiger partial charge in [-0.05, 0) is 17.7 Å². The summed E-state index contributed by atoms with van der Waals surface area (Å²) in [5.74, 6) is -0.784. The first-order valence-electron chi connectivity index (χ1n) is 3.97. The maximum absolute atomic E-state index is 12.3. The van der Waals surface area contributed by atoms with E-state index in [1.165, 1.54) is 6.07 Å². The van der Waals surface area contributed by atoms with Crippen LogP contribution in [0.1, 0.15) is 17.2 Å². The minimum Gasteiger partial charge on any atom is -0.252 e. The topological polar surface area (TPSA) is 36.7 Å². The smallest absolute Gasteiger partial charge is 0.252 e. The summed E-state index contributed by atoms with van der Waals surface area (Å²) in [4.78, 5) is 3.18. The molecule has 0 amide bonds. The zero-order valence-electron chi connectivity index (χ0n) is 7.42. The van der Waals surface area contributed by atoms with Gasteiger partial charge in [0.15, 0.2) is 0 Å². The van der Waals surface area contributed by atoms with E-state index in [0.29, 0.717) is 0 Å². The Hall–Kier alpha value is -1.28. The highest BCUT2D eigenvalue weighted by molar-refractivity contribution is 6.18. The number of pyridine rings is 1. The Balaban J connectivity index is 3.09. The van der Waals surface area contributed by atoms with Gasteiger partial charge in [-0.2, -0.15) is 18.4 Å². The van der Waals surface area contributed by atoms with Crippen LogP contribution in [0.5, 0.6) is 0 Å². The van der Waals surface area contributed by atoms with Crippen molar-refractivity contribution in [2.75, 3.05) is 5.88 Å². The molecule has 1 rings (SSSR count). The molecule has 0 aliphatic carbocycles. The van der Waals surface area contributed by atoms with Gasteiger partial charge in [0.2, 0.25) is 0 Å². The van der Waals surface area contributed by atoms with Crippen molar-refractivity contribution in [3.63, 3.8) is 0 Å². The van der Waals surface area contributed by atoms with Crippen LogP contribution in [0.25, 0.3) is 0 Å². The Morgan fingerprint density at radius 3 is 2.67 bits per heavy atom. The summed E-state index contributed by atoms with van der Waals surface area (Å²) in [5, 5.41) is 8.64. The molecule has 0 aliphatic heterocycles. The van der Waals surface area contributed by atoms with Crippen molar-refractivity contribution in [1.29, 1.82) is 5.26 Å². The number of hydrogen-bond acceptors (Lipinski definition) is 2. The third-order valence-corrected chi connectivity index (χ3v) is 2.10. The van der Waals surface area contributed by atoms with E-state index in [9.17, 15) is 13.2 Å². The van der Waals surface area contributed by atoms with Crippen molar-refractivity contribution >= 4 is 11.6 Å². The van der Waals surface area contributed by atoms with E-state index in [0.717, 1.165) is 12.3 Å². The zero-order valence-corrected chi connectivity index (χ0v) is 8.18. The number of halogens is 4. The molecule has 0 bridgehead atoms. The normalized spacial score (nSPS) is 13.3. The van der Waals surface area contributed by atoms with Crippen LogP contribution in [0, 0.1) is 11.3 Å². The number of nitriles is 1. The zero-order chi connectivity index (χ0) is 11.5. The molecule has 0 aromatic carbocycles. The Morgan fingerprint density at radius 1 is 1.53 bits per heavy atom. The van der Waals surface area contributed by atoms with E-state index in [1.807, 2.05) is 6.07 Å². The van der Waals surface area contributed by atoms with Gasteiger partial charge in [0.1, 0.15) is 5.69 Å². The largest absolute Gasteiger partial charge is 0.433 e. The molecule has 0 aliphatic rings. The van der Waals surface area contributed by atoms with Gasteiger partial charge in [0.05, 0.1) is 12.0 Å². The molecule has 2 nitrogen and oxygen atoms in total. The van der Waals surface area contributed by atoms with Crippen LogP contribution >= 0.6 is 11.6 Å². The van der Waals surface area contributed by atoms with Crippen molar-refractivity contribution < 1.29 is 13.2 Å². The molecule has 80 valence electrons. The lowest BCUT2D eigenvalue weighted by Crippen LogP contribution is -2.09. The summed E-state index contributed by atoms with van der Waals surface area (Å²) >= 11 is 5.44. The highest BCUT2D eigenvalue weighted by atomic mass is 35.5. The van der Waals surface area contributed by atoms with Crippen molar-refractivity contribution in [3.8, 4) is 6.07 Å². The minimum absolute atomic E-state index is 0.0438. The molecular formula is C9H6ClF3N2. The average Bonchev–Trinajstić information content (AvgIpc) is 2.19. The lowest BCUT2D eigenvalue weighted by Gasteiger charge is -2.09. The first-order valence-corrected chi connectivity index (χ1v) is 4.51. The predicted octanol–water partition coefficient (Wildman–Crippen LogP) is 2.95. The molecule has 1 aromatic rings. The number of aromatic nitrogens is 1. The first-order chi connectivity index (χ1) is 6.99. The van der Waals surface area contributed by atoms with Gasteiger partial charge < -0.3 is 0 Å². The Kier molecular flexibility index (Phi) is 3.53. The van der Waals surface area contributed by atoms with Crippen molar-refractivity contribution in [3.05, 3.63) is 29.6 Å². The van der Waals surface area contributed by atoms with Crippen LogP contribution in [0.4, 0.5) is 13.2 Å². The van der Waals surface area contributed by atoms with Crippen LogP contribution in [-0.4, -0.2) is 10.9 Å². The quantitative estimate of drug-likeness (QED) is 0.738. The fourth-order valence-electron chi connectivity index (χ4n) is 1.02. The molecule has 0 spiro atoms. The Bertz CT molecular complexity index is 384. The summed E-state index contributed by atoms with van der Waals surface area (Å²) in [5.41, 5.74) is -0.778. The monoisotopic (exact) mass is 234 g/mol. The Morgan fingerprint density at radius 2 is 2.20 bits per heavy atom. The third-order valence-electron chi connectivity index (χ3n) is 1.79. The highest BCUT2D eigenvalue weighted by Gasteiger charge is 2.32. The minimum atomic E-state index is -4.50.